The van der Waals surface area contributed by atoms with Crippen molar-refractivity contribution in [1.82, 2.24) is 10.2 Å². The summed E-state index contributed by atoms with van der Waals surface area (Å²) in [6.07, 6.45) is 1.95. The normalized spacial score (nSPS) is 19.3. The average Bonchev–Trinajstić information content (AvgIpc) is 2.89. The Kier molecular flexibility index (Phi) is 7.36. The molecule has 0 aromatic heterocycles. The maximum absolute atomic E-state index is 13.6. The number of hydrogen-bond donors (Lipinski definition) is 1. The van der Waals surface area contributed by atoms with Gasteiger partial charge in [0.05, 0.1) is 7.11 Å². The zero-order chi connectivity index (χ0) is 24.9. The maximum Gasteiger partial charge on any atom is 0.356 e. The summed E-state index contributed by atoms with van der Waals surface area (Å²) in [6.45, 7) is 1.34. The molecular formula is C26H24N2O6S. The molecule has 1 unspecified atom stereocenters. The fourth-order valence-electron chi connectivity index (χ4n) is 3.96. The number of β-lactam (4-membered cyclic amide) rings is 1. The van der Waals surface area contributed by atoms with Gasteiger partial charge in [-0.25, -0.2) is 9.59 Å². The lowest BCUT2D eigenvalue weighted by atomic mass is 10.0. The molecular weight excluding hydrogens is 468 g/mol. The van der Waals surface area contributed by atoms with Gasteiger partial charge in [-0.15, -0.1) is 11.8 Å². The molecule has 180 valence electrons. The Balaban J connectivity index is 1.70. The van der Waals surface area contributed by atoms with E-state index in [1.54, 1.807) is 0 Å². The minimum atomic E-state index is -0.731. The van der Waals surface area contributed by atoms with Gasteiger partial charge in [-0.1, -0.05) is 60.7 Å². The Morgan fingerprint density at radius 2 is 1.66 bits per heavy atom. The third-order valence-corrected chi connectivity index (χ3v) is 6.90. The molecule has 35 heavy (non-hydrogen) atoms. The van der Waals surface area contributed by atoms with Crippen LogP contribution in [0.1, 0.15) is 24.2 Å². The summed E-state index contributed by atoms with van der Waals surface area (Å²) >= 11 is 1.39. The highest BCUT2D eigenvalue weighted by molar-refractivity contribution is 8.00. The van der Waals surface area contributed by atoms with E-state index in [0.29, 0.717) is 11.3 Å². The first-order valence-corrected chi connectivity index (χ1v) is 12.0. The molecule has 2 heterocycles. The van der Waals surface area contributed by atoms with Crippen LogP contribution < -0.4 is 5.32 Å². The highest BCUT2D eigenvalue weighted by Gasteiger charge is 2.54. The summed E-state index contributed by atoms with van der Waals surface area (Å²) in [4.78, 5) is 51.2. The van der Waals surface area contributed by atoms with Gasteiger partial charge < -0.3 is 14.8 Å². The first-order valence-electron chi connectivity index (χ1n) is 10.9. The monoisotopic (exact) mass is 492 g/mol. The molecule has 0 aliphatic carbocycles. The summed E-state index contributed by atoms with van der Waals surface area (Å²) in [5.41, 5.74) is 2.05. The second kappa shape index (κ2) is 10.6. The molecule has 1 saturated heterocycles. The molecule has 8 nitrogen and oxygen atoms in total. The third-order valence-electron chi connectivity index (χ3n) is 5.60. The lowest BCUT2D eigenvalue weighted by Gasteiger charge is -2.49. The molecule has 2 aromatic rings. The van der Waals surface area contributed by atoms with Gasteiger partial charge in [0, 0.05) is 18.8 Å². The van der Waals surface area contributed by atoms with E-state index in [9.17, 15) is 19.2 Å². The zero-order valence-electron chi connectivity index (χ0n) is 19.2. The smallest absolute Gasteiger partial charge is 0.356 e. The van der Waals surface area contributed by atoms with E-state index in [2.05, 4.69) is 10.1 Å². The summed E-state index contributed by atoms with van der Waals surface area (Å²) in [5, 5.41) is 2.19. The maximum atomic E-state index is 13.6. The van der Waals surface area contributed by atoms with Crippen molar-refractivity contribution in [3.05, 3.63) is 95.2 Å². The molecule has 2 aliphatic rings. The van der Waals surface area contributed by atoms with Crippen LogP contribution in [-0.4, -0.2) is 52.9 Å². The van der Waals surface area contributed by atoms with Gasteiger partial charge in [0.25, 0.3) is 5.91 Å². The quantitative estimate of drug-likeness (QED) is 0.360. The Labute approximate surface area is 207 Å². The second-order valence-corrected chi connectivity index (χ2v) is 9.03. The van der Waals surface area contributed by atoms with Crippen molar-refractivity contribution in [2.24, 2.45) is 0 Å². The molecule has 1 fully saturated rings. The van der Waals surface area contributed by atoms with Crippen molar-refractivity contribution in [1.29, 1.82) is 0 Å². The van der Waals surface area contributed by atoms with Crippen LogP contribution in [0, 0.1) is 0 Å². The molecule has 0 radical (unpaired) electrons. The number of amides is 2. The number of fused-ring (bicyclic) bond motifs is 1. The lowest BCUT2D eigenvalue weighted by molar-refractivity contribution is -0.154. The number of esters is 2. The van der Waals surface area contributed by atoms with Gasteiger partial charge in [-0.05, 0) is 22.8 Å². The summed E-state index contributed by atoms with van der Waals surface area (Å²) < 4.78 is 10.7. The van der Waals surface area contributed by atoms with Crippen molar-refractivity contribution in [3.8, 4) is 0 Å². The van der Waals surface area contributed by atoms with E-state index < -0.39 is 35.4 Å². The predicted molar refractivity (Wildman–Crippen MR) is 130 cm³/mol. The van der Waals surface area contributed by atoms with Crippen LogP contribution in [-0.2, 0) is 28.7 Å². The minimum absolute atomic E-state index is 0.0531. The number of thioether (sulfide) groups is 1. The van der Waals surface area contributed by atoms with Crippen LogP contribution >= 0.6 is 11.8 Å². The van der Waals surface area contributed by atoms with E-state index in [0.717, 1.165) is 11.1 Å². The van der Waals surface area contributed by atoms with Crippen molar-refractivity contribution >= 4 is 35.5 Å². The number of nitrogens with one attached hydrogen (secondary N) is 1. The van der Waals surface area contributed by atoms with Gasteiger partial charge in [0.2, 0.25) is 5.91 Å². The van der Waals surface area contributed by atoms with Gasteiger partial charge in [0.1, 0.15) is 17.1 Å². The number of allylic oxidation sites excluding steroid dienone is 1. The topological polar surface area (TPSA) is 102 Å². The van der Waals surface area contributed by atoms with Crippen molar-refractivity contribution < 1.29 is 28.7 Å². The molecule has 1 N–H and O–H groups in total. The highest BCUT2D eigenvalue weighted by atomic mass is 32.2. The van der Waals surface area contributed by atoms with E-state index in [1.165, 1.54) is 42.8 Å². The highest BCUT2D eigenvalue weighted by Crippen LogP contribution is 2.42. The van der Waals surface area contributed by atoms with Crippen molar-refractivity contribution in [3.63, 3.8) is 0 Å². The van der Waals surface area contributed by atoms with Crippen molar-refractivity contribution in [2.45, 2.75) is 24.4 Å². The van der Waals surface area contributed by atoms with Crippen LogP contribution in [0.25, 0.3) is 0 Å². The number of rotatable bonds is 7. The summed E-state index contributed by atoms with van der Waals surface area (Å²) in [6, 6.07) is 17.9. The standard InChI is InChI=1S/C26H24N2O6S/c1-16(29)27-21-24(31)28-22(19(15-35-25(21)28)13-14-20(30)33-2)26(32)34-23(17-9-5-3-6-10-17)18-11-7-4-8-12-18/h3-14,21,23,25H,15H2,1-2H3,(H,27,29)/t21?,25-/m0/s1. The van der Waals surface area contributed by atoms with Crippen LogP contribution in [0.5, 0.6) is 0 Å². The van der Waals surface area contributed by atoms with Gasteiger partial charge in [0.15, 0.2) is 6.10 Å². The predicted octanol–water partition coefficient (Wildman–Crippen LogP) is 2.72. The van der Waals surface area contributed by atoms with E-state index in [1.807, 2.05) is 60.7 Å². The molecule has 2 aliphatic heterocycles. The Morgan fingerprint density at radius 3 is 2.20 bits per heavy atom. The Bertz CT molecular complexity index is 1160. The van der Waals surface area contributed by atoms with Crippen LogP contribution in [0.15, 0.2) is 84.1 Å². The number of nitrogens with zero attached hydrogens (tertiary/aromatic N) is 1. The summed E-state index contributed by atoms with van der Waals surface area (Å²) in [7, 11) is 1.25. The van der Waals surface area contributed by atoms with Gasteiger partial charge in [-0.3, -0.25) is 14.5 Å². The SMILES string of the molecule is COC(=O)C=CC1=C(C(=O)OC(c2ccccc2)c2ccccc2)N2C(=O)C(NC(C)=O)[C@@H]2SC1. The number of methoxy groups -OCH3 is 1. The van der Waals surface area contributed by atoms with Gasteiger partial charge >= 0.3 is 11.9 Å². The number of benzene rings is 2. The number of carbonyl (C=O) groups excluding carboxylic acids is 4. The van der Waals surface area contributed by atoms with Gasteiger partial charge in [-0.2, -0.15) is 0 Å². The molecule has 4 rings (SSSR count). The average molecular weight is 493 g/mol. The number of ether oxygens (including phenoxy) is 2. The van der Waals surface area contributed by atoms with E-state index >= 15 is 0 Å². The minimum Gasteiger partial charge on any atom is -0.466 e. The number of carbonyl (C=O) groups is 4. The largest absolute Gasteiger partial charge is 0.466 e. The molecule has 2 aromatic carbocycles. The fourth-order valence-corrected chi connectivity index (χ4v) is 5.28. The molecule has 9 heteroatoms. The first kappa shape index (κ1) is 24.3. The lowest BCUT2D eigenvalue weighted by Crippen LogP contribution is -2.70. The Morgan fingerprint density at radius 1 is 1.06 bits per heavy atom. The zero-order valence-corrected chi connectivity index (χ0v) is 20.0. The molecule has 0 spiro atoms. The van der Waals surface area contributed by atoms with Crippen LogP contribution in [0.3, 0.4) is 0 Å². The Hall–Kier alpha value is -3.85. The summed E-state index contributed by atoms with van der Waals surface area (Å²) in [5.74, 6) is -1.70. The fraction of sp³-hybridized carbons (Fsp3) is 0.231. The first-order chi connectivity index (χ1) is 16.9. The number of hydrogen-bond acceptors (Lipinski definition) is 7. The van der Waals surface area contributed by atoms with Crippen LogP contribution in [0.4, 0.5) is 0 Å². The molecule has 2 amide bonds. The molecule has 0 bridgehead atoms. The second-order valence-electron chi connectivity index (χ2n) is 7.93. The van der Waals surface area contributed by atoms with Crippen LogP contribution in [0.2, 0.25) is 0 Å². The van der Waals surface area contributed by atoms with E-state index in [4.69, 9.17) is 4.74 Å². The molecule has 0 saturated carbocycles. The van der Waals surface area contributed by atoms with Crippen molar-refractivity contribution in [2.75, 3.05) is 12.9 Å². The molecule has 2 atom stereocenters. The third kappa shape index (κ3) is 5.14. The van der Waals surface area contributed by atoms with E-state index in [-0.39, 0.29) is 11.6 Å².